The molecule has 0 radical (unpaired) electrons. The van der Waals surface area contributed by atoms with E-state index in [1.165, 1.54) is 0 Å². The number of aryl methyl sites for hydroxylation is 4. The van der Waals surface area contributed by atoms with Crippen molar-refractivity contribution in [1.29, 1.82) is 0 Å². The van der Waals surface area contributed by atoms with Crippen LogP contribution < -0.4 is 0 Å². The quantitative estimate of drug-likeness (QED) is 0.0629. The number of rotatable bonds is 22. The molecule has 0 saturated heterocycles. The average Bonchev–Trinajstić information content (AvgIpc) is 0.773. The van der Waals surface area contributed by atoms with Crippen molar-refractivity contribution < 1.29 is 67.6 Å². The predicted molar refractivity (Wildman–Crippen MR) is 585 cm³/mol. The fourth-order valence-electron chi connectivity index (χ4n) is 18.6. The third kappa shape index (κ3) is 19.3. The van der Waals surface area contributed by atoms with Crippen LogP contribution in [0.5, 0.6) is 0 Å². The molecule has 5 aromatic heterocycles. The molecule has 6 nitrogen and oxygen atoms in total. The summed E-state index contributed by atoms with van der Waals surface area (Å²) in [6, 6.07) is 122. The molecule has 0 amide bonds. The molecule has 0 unspecified atom stereocenters. The summed E-state index contributed by atoms with van der Waals surface area (Å²) >= 11 is 0. The van der Waals surface area contributed by atoms with Crippen LogP contribution in [-0.2, 0) is 40.2 Å². The van der Waals surface area contributed by atoms with E-state index in [0.29, 0.717) is 107 Å². The van der Waals surface area contributed by atoms with E-state index >= 15 is 0 Å². The van der Waals surface area contributed by atoms with Crippen molar-refractivity contribution in [2.75, 3.05) is 0 Å². The van der Waals surface area contributed by atoms with Crippen LogP contribution in [0.25, 0.3) is 246 Å². The van der Waals surface area contributed by atoms with E-state index in [9.17, 15) is 0 Å². The Labute approximate surface area is 897 Å². The third-order valence-corrected chi connectivity index (χ3v) is 25.8. The van der Waals surface area contributed by atoms with Crippen LogP contribution >= 0.6 is 0 Å². The smallest absolute Gasteiger partial charge is 0.327 e. The van der Waals surface area contributed by atoms with E-state index in [2.05, 4.69) is 158 Å². The summed E-state index contributed by atoms with van der Waals surface area (Å²) in [4.78, 5) is 29.2. The first-order valence-electron chi connectivity index (χ1n) is 56.3. The second-order valence-corrected chi connectivity index (χ2v) is 34.6. The topological polar surface area (TPSA) is 77.3 Å². The van der Waals surface area contributed by atoms with E-state index in [0.717, 1.165) is 139 Å². The van der Waals surface area contributed by atoms with Gasteiger partial charge in [-0.2, -0.15) is 0 Å². The number of nitrogens with zero attached hydrogens (tertiary/aromatic N) is 6. The molecule has 5 heterocycles. The molecule has 0 N–H and O–H groups in total. The molecule has 0 aliphatic rings. The summed E-state index contributed by atoms with van der Waals surface area (Å²) in [5.41, 5.74) is 34.1. The molecule has 0 aliphatic heterocycles. The van der Waals surface area contributed by atoms with Gasteiger partial charge in [-0.25, -0.2) is 0 Å². The van der Waals surface area contributed by atoms with Gasteiger partial charge in [-0.3, -0.25) is 4.98 Å². The molecular formula is C136H90Ir2N6. The summed E-state index contributed by atoms with van der Waals surface area (Å²) in [6.45, 7) is 7.34. The Bertz CT molecular complexity index is 8860. The van der Waals surface area contributed by atoms with Gasteiger partial charge in [0.2, 0.25) is 0 Å². The molecule has 0 bridgehead atoms. The summed E-state index contributed by atoms with van der Waals surface area (Å²) in [5.74, 6) is 0.460. The first-order chi connectivity index (χ1) is 78.3. The van der Waals surface area contributed by atoms with Gasteiger partial charge in [-0.05, 0) is 204 Å². The van der Waals surface area contributed by atoms with Gasteiger partial charge in [0.05, 0.1) is 33.2 Å². The Kier molecular flexibility index (Phi) is 21.0. The van der Waals surface area contributed by atoms with Crippen LogP contribution in [0.1, 0.15) is 49.7 Å². The third-order valence-electron chi connectivity index (χ3n) is 25.8. The molecule has 0 aliphatic carbocycles. The Morgan fingerprint density at radius 2 is 0.375 bits per heavy atom. The maximum absolute atomic E-state index is 8.71. The number of pyridine rings is 4. The molecule has 0 atom stereocenters. The van der Waals surface area contributed by atoms with Gasteiger partial charge in [0.25, 0.3) is 0 Å². The first-order valence-corrected chi connectivity index (χ1v) is 46.3. The summed E-state index contributed by atoms with van der Waals surface area (Å²) in [6.07, 6.45) is 7.98. The van der Waals surface area contributed by atoms with Gasteiger partial charge in [-0.15, -0.1) is 179 Å². The van der Waals surface area contributed by atoms with Crippen molar-refractivity contribution in [1.82, 2.24) is 29.9 Å². The first kappa shape index (κ1) is 72.2. The maximum Gasteiger partial charge on any atom is 3.00 e. The van der Waals surface area contributed by atoms with Gasteiger partial charge in [-0.1, -0.05) is 364 Å². The van der Waals surface area contributed by atoms with Crippen molar-refractivity contribution in [2.45, 2.75) is 27.7 Å². The largest absolute Gasteiger partial charge is 3.00 e. The van der Waals surface area contributed by atoms with Crippen LogP contribution in [0.15, 0.2) is 473 Å². The number of aromatic nitrogens is 6. The monoisotopic (exact) mass is 2210 g/mol. The summed E-state index contributed by atoms with van der Waals surface area (Å²) in [7, 11) is 0. The Balaban J connectivity index is 0.00000769. The second kappa shape index (κ2) is 41.8. The molecule has 23 aromatic rings. The minimum Gasteiger partial charge on any atom is -0.327 e. The molecule has 0 fully saturated rings. The van der Waals surface area contributed by atoms with Gasteiger partial charge >= 0.3 is 40.2 Å². The SMILES string of the molecule is [2H]c1c([2H])c([2H])c(-c2cnc(-c3[c-]cc(-c4ccccc4-c4cc(-c5ccccc5-c5c[c-]c(-c6cc(C)c(-c7c([2H])c([2H])c([2H])c([2H])c7[2H])cn6)cc5)cc(-c5ccccc5-c5c[c-]c(-c6ccnc(-c7[c-]cc(-c8ccccc8-c8cc(-c9ccccc9-c9c[c-]c(-c%10cc(C)c(-c%11c([2H])c([2H])c([2H])c([2H])c%11[2H])cn%10)cc9)cc(-c9ccccc9-c9c[c-]c(-c%10cc(C)c(-c%11c([2H])c([2H])c([2H])c([2H])c%11[2H])cn%10)cc9)c8)cc7)n6)cc5)c4)cc3)cc2C)c([2H])c1[2H].[Ir+3].[Ir+3]. The molecular weight excluding hydrogens is 2100 g/mol. The van der Waals surface area contributed by atoms with Gasteiger partial charge in [0.15, 0.2) is 0 Å². The van der Waals surface area contributed by atoms with Crippen molar-refractivity contribution in [2.24, 2.45) is 0 Å². The Morgan fingerprint density at radius 1 is 0.181 bits per heavy atom. The molecule has 0 spiro atoms. The molecule has 682 valence electrons. The predicted octanol–water partition coefficient (Wildman–Crippen LogP) is 34.8. The number of hydrogen-bond donors (Lipinski definition) is 0. The average molecular weight is 2210 g/mol. The fourth-order valence-corrected chi connectivity index (χ4v) is 18.6. The summed E-state index contributed by atoms with van der Waals surface area (Å²) < 4.78 is 169. The standard InChI is InChI=1S/C136H90N6.2Ir/c1-89-75-132(138-85-127(89)93-29-9-5-10-30-93)104-63-51-98(52-64-104)116-38-18-24-44-122(116)110-79-109(80-111(81-110)123-45-25-19-39-117(123)99-53-65-105(66-54-99)133-76-90(2)128(86-139-133)94-31-11-6-12-32-94)121-43-23-17-37-115(121)97-49-61-103(62-50-97)131-73-74-137-136(142-131)108-71-59-102(60-72-108)120-42-22-28-48-126(120)114-83-112(124-46-26-20-40-118(124)100-55-67-106(68-56-100)134-77-91(3)129(87-140-134)95-33-13-7-14-34-95)82-113(84-114)125-47-27-21-41-119(125)101-57-69-107(70-58-101)135-78-92(4)130(88-141-135)96-35-15-8-16-36-96;;/h5-61,63,65,67,69,71,73-88H,1-4H3;;/q-6;2*+3/i5D,6D,7D,8D,9D,10D,11D,12D,13D,14D,15D,16D,29D,30D,31D,32D,33D,34D,35D,36D;;. The van der Waals surface area contributed by atoms with Gasteiger partial charge in [0, 0.05) is 53.2 Å². The number of benzene rings is 18. The molecule has 0 saturated carbocycles. The zero-order valence-corrected chi connectivity index (χ0v) is 82.6. The zero-order valence-electron chi connectivity index (χ0n) is 97.8. The molecule has 8 heteroatoms. The molecule has 23 rings (SSSR count). The normalized spacial score (nSPS) is 13.0. The molecule has 144 heavy (non-hydrogen) atoms. The van der Waals surface area contributed by atoms with Crippen molar-refractivity contribution >= 4 is 0 Å². The van der Waals surface area contributed by atoms with E-state index < -0.39 is 72.5 Å². The van der Waals surface area contributed by atoms with E-state index in [4.69, 9.17) is 57.3 Å². The van der Waals surface area contributed by atoms with E-state index in [-0.39, 0.29) is 111 Å². The Morgan fingerprint density at radius 3 is 0.569 bits per heavy atom. The van der Waals surface area contributed by atoms with Crippen molar-refractivity contribution in [3.05, 3.63) is 532 Å². The van der Waals surface area contributed by atoms with Crippen LogP contribution in [-0.4, -0.2) is 29.9 Å². The molecule has 18 aromatic carbocycles. The van der Waals surface area contributed by atoms with E-state index in [1.54, 1.807) is 31.0 Å². The van der Waals surface area contributed by atoms with Gasteiger partial charge < -0.3 is 24.9 Å². The number of hydrogen-bond acceptors (Lipinski definition) is 6. The van der Waals surface area contributed by atoms with Crippen LogP contribution in [0.4, 0.5) is 0 Å². The van der Waals surface area contributed by atoms with Crippen LogP contribution in [0, 0.1) is 64.1 Å². The maximum atomic E-state index is 8.71. The zero-order chi connectivity index (χ0) is 113. The second-order valence-electron chi connectivity index (χ2n) is 34.6. The van der Waals surface area contributed by atoms with Crippen molar-refractivity contribution in [3.8, 4) is 246 Å². The van der Waals surface area contributed by atoms with Crippen LogP contribution in [0.2, 0.25) is 0 Å². The van der Waals surface area contributed by atoms with Gasteiger partial charge in [0.1, 0.15) is 0 Å². The minimum absolute atomic E-state index is 0. The van der Waals surface area contributed by atoms with Crippen molar-refractivity contribution in [3.63, 3.8) is 0 Å². The summed E-state index contributed by atoms with van der Waals surface area (Å²) in [5, 5.41) is 0. The fraction of sp³-hybridized carbons (Fsp3) is 0.0294. The minimum atomic E-state index is -0.467. The van der Waals surface area contributed by atoms with Crippen LogP contribution in [0.3, 0.4) is 0 Å². The Hall–Kier alpha value is -17.1. The van der Waals surface area contributed by atoms with E-state index in [1.807, 2.05) is 228 Å².